The minimum absolute atomic E-state index is 0.169. The average molecular weight is 274 g/mol. The summed E-state index contributed by atoms with van der Waals surface area (Å²) in [5.74, 6) is -0.770. The maximum Gasteiger partial charge on any atom is 0.243 e. The second kappa shape index (κ2) is 5.34. The van der Waals surface area contributed by atoms with Crippen LogP contribution in [0.1, 0.15) is 26.3 Å². The molecule has 3 N–H and O–H groups in total. The van der Waals surface area contributed by atoms with E-state index in [1.165, 1.54) is 12.1 Å². The van der Waals surface area contributed by atoms with Crippen molar-refractivity contribution in [1.82, 2.24) is 4.72 Å². The molecule has 0 bridgehead atoms. The van der Waals surface area contributed by atoms with Gasteiger partial charge in [0.15, 0.2) is 0 Å². The number of benzene rings is 1. The van der Waals surface area contributed by atoms with Crippen LogP contribution in [0.3, 0.4) is 0 Å². The molecule has 0 unspecified atom stereocenters. The third kappa shape index (κ3) is 4.04. The molecule has 18 heavy (non-hydrogen) atoms. The fourth-order valence-electron chi connectivity index (χ4n) is 1.27. The fourth-order valence-corrected chi connectivity index (χ4v) is 2.68. The Hall–Kier alpha value is -0.980. The maximum absolute atomic E-state index is 13.6. The van der Waals surface area contributed by atoms with Crippen LogP contribution in [0.2, 0.25) is 0 Å². The molecule has 1 rings (SSSR count). The van der Waals surface area contributed by atoms with Gasteiger partial charge in [-0.25, -0.2) is 17.5 Å². The summed E-state index contributed by atoms with van der Waals surface area (Å²) >= 11 is 0. The van der Waals surface area contributed by atoms with E-state index in [0.717, 1.165) is 6.07 Å². The van der Waals surface area contributed by atoms with Gasteiger partial charge in [0.25, 0.3) is 0 Å². The summed E-state index contributed by atoms with van der Waals surface area (Å²) in [6.07, 6.45) is 0. The zero-order valence-electron chi connectivity index (χ0n) is 10.8. The summed E-state index contributed by atoms with van der Waals surface area (Å²) in [4.78, 5) is -0.352. The second-order valence-corrected chi connectivity index (χ2v) is 7.09. The number of hydrogen-bond acceptors (Lipinski definition) is 3. The molecule has 0 amide bonds. The highest BCUT2D eigenvalue weighted by atomic mass is 32.2. The predicted molar refractivity (Wildman–Crippen MR) is 68.9 cm³/mol. The van der Waals surface area contributed by atoms with Crippen LogP contribution in [0.4, 0.5) is 4.39 Å². The second-order valence-electron chi connectivity index (χ2n) is 5.35. The molecule has 0 fully saturated rings. The van der Waals surface area contributed by atoms with Gasteiger partial charge in [0.05, 0.1) is 0 Å². The van der Waals surface area contributed by atoms with Gasteiger partial charge in [-0.15, -0.1) is 0 Å². The van der Waals surface area contributed by atoms with Crippen molar-refractivity contribution < 1.29 is 12.8 Å². The quantitative estimate of drug-likeness (QED) is 0.876. The highest BCUT2D eigenvalue weighted by Crippen LogP contribution is 2.18. The van der Waals surface area contributed by atoms with Crippen molar-refractivity contribution >= 4 is 10.0 Å². The number of halogens is 1. The first-order valence-corrected chi connectivity index (χ1v) is 7.12. The smallest absolute Gasteiger partial charge is 0.243 e. The number of hydrogen-bond donors (Lipinski definition) is 2. The molecule has 0 aromatic heterocycles. The third-order valence-corrected chi connectivity index (χ3v) is 3.73. The summed E-state index contributed by atoms with van der Waals surface area (Å²) in [7, 11) is -3.84. The predicted octanol–water partition coefficient (Wildman–Crippen LogP) is 1.61. The van der Waals surface area contributed by atoms with Gasteiger partial charge in [0, 0.05) is 13.1 Å². The van der Waals surface area contributed by atoms with E-state index >= 15 is 0 Å². The summed E-state index contributed by atoms with van der Waals surface area (Å²) < 4.78 is 39.9. The summed E-state index contributed by atoms with van der Waals surface area (Å²) in [6.45, 7) is 6.08. The summed E-state index contributed by atoms with van der Waals surface area (Å²) in [6, 6.07) is 3.85. The molecular formula is C12H19FN2O2S. The van der Waals surface area contributed by atoms with E-state index in [1.807, 2.05) is 20.8 Å². The zero-order valence-corrected chi connectivity index (χ0v) is 11.6. The van der Waals surface area contributed by atoms with Crippen LogP contribution in [0.25, 0.3) is 0 Å². The SMILES string of the molecule is CC(C)(C)CNS(=O)(=O)c1cc(CN)ccc1F. The van der Waals surface area contributed by atoms with Gasteiger partial charge in [-0.05, 0) is 23.1 Å². The lowest BCUT2D eigenvalue weighted by molar-refractivity contribution is 0.407. The van der Waals surface area contributed by atoms with E-state index in [2.05, 4.69) is 4.72 Å². The first-order valence-electron chi connectivity index (χ1n) is 5.64. The third-order valence-electron chi connectivity index (χ3n) is 2.31. The molecule has 0 aliphatic rings. The summed E-state index contributed by atoms with van der Waals surface area (Å²) in [5.41, 5.74) is 5.78. The van der Waals surface area contributed by atoms with Crippen molar-refractivity contribution in [1.29, 1.82) is 0 Å². The maximum atomic E-state index is 13.6. The molecule has 0 radical (unpaired) electrons. The van der Waals surface area contributed by atoms with Crippen molar-refractivity contribution in [2.75, 3.05) is 6.54 Å². The van der Waals surface area contributed by atoms with E-state index in [9.17, 15) is 12.8 Å². The Labute approximate surface area is 107 Å². The van der Waals surface area contributed by atoms with Crippen LogP contribution >= 0.6 is 0 Å². The topological polar surface area (TPSA) is 72.2 Å². The molecule has 0 aliphatic carbocycles. The average Bonchev–Trinajstić information content (AvgIpc) is 2.26. The monoisotopic (exact) mass is 274 g/mol. The van der Waals surface area contributed by atoms with E-state index in [1.54, 1.807) is 0 Å². The zero-order chi connectivity index (χ0) is 14.0. The van der Waals surface area contributed by atoms with E-state index in [0.29, 0.717) is 5.56 Å². The molecule has 0 heterocycles. The van der Waals surface area contributed by atoms with E-state index < -0.39 is 15.8 Å². The number of sulfonamides is 1. The molecule has 0 spiro atoms. The van der Waals surface area contributed by atoms with Gasteiger partial charge in [0.2, 0.25) is 10.0 Å². The van der Waals surface area contributed by atoms with Crippen molar-refractivity contribution in [2.45, 2.75) is 32.2 Å². The number of nitrogens with two attached hydrogens (primary N) is 1. The van der Waals surface area contributed by atoms with Crippen molar-refractivity contribution in [2.24, 2.45) is 11.1 Å². The highest BCUT2D eigenvalue weighted by Gasteiger charge is 2.22. The minimum atomic E-state index is -3.84. The lowest BCUT2D eigenvalue weighted by Gasteiger charge is -2.19. The van der Waals surface area contributed by atoms with Gasteiger partial charge in [0.1, 0.15) is 10.7 Å². The van der Waals surface area contributed by atoms with Crippen molar-refractivity contribution in [3.05, 3.63) is 29.6 Å². The minimum Gasteiger partial charge on any atom is -0.326 e. The van der Waals surface area contributed by atoms with E-state index in [4.69, 9.17) is 5.73 Å². The standard InChI is InChI=1S/C12H19FN2O2S/c1-12(2,3)8-15-18(16,17)11-6-9(7-14)4-5-10(11)13/h4-6,15H,7-8,14H2,1-3H3. The Bertz CT molecular complexity index is 521. The van der Waals surface area contributed by atoms with Crippen molar-refractivity contribution in [3.8, 4) is 0 Å². The Balaban J connectivity index is 3.05. The van der Waals surface area contributed by atoms with Crippen molar-refractivity contribution in [3.63, 3.8) is 0 Å². The normalized spacial score (nSPS) is 12.7. The molecular weight excluding hydrogens is 255 g/mol. The molecule has 1 aromatic carbocycles. The number of nitrogens with one attached hydrogen (secondary N) is 1. The van der Waals surface area contributed by atoms with Gasteiger partial charge < -0.3 is 5.73 Å². The Morgan fingerprint density at radius 2 is 1.94 bits per heavy atom. The lowest BCUT2D eigenvalue weighted by atomic mass is 9.98. The highest BCUT2D eigenvalue weighted by molar-refractivity contribution is 7.89. The van der Waals surface area contributed by atoms with Crippen LogP contribution in [0, 0.1) is 11.2 Å². The van der Waals surface area contributed by atoms with Gasteiger partial charge in [-0.3, -0.25) is 0 Å². The molecule has 1 aromatic rings. The Kier molecular flexibility index (Phi) is 4.47. The van der Waals surface area contributed by atoms with Crippen LogP contribution < -0.4 is 10.5 Å². The fraction of sp³-hybridized carbons (Fsp3) is 0.500. The molecule has 6 heteroatoms. The molecule has 0 atom stereocenters. The molecule has 0 aliphatic heterocycles. The van der Waals surface area contributed by atoms with Gasteiger partial charge in [-0.2, -0.15) is 0 Å². The number of rotatable bonds is 4. The first-order chi connectivity index (χ1) is 8.15. The van der Waals surface area contributed by atoms with Crippen LogP contribution in [0.15, 0.2) is 23.1 Å². The lowest BCUT2D eigenvalue weighted by Crippen LogP contribution is -2.32. The van der Waals surface area contributed by atoms with Gasteiger partial charge in [-0.1, -0.05) is 26.8 Å². The van der Waals surface area contributed by atoms with E-state index in [-0.39, 0.29) is 23.4 Å². The molecule has 0 saturated heterocycles. The first kappa shape index (κ1) is 15.1. The Morgan fingerprint density at radius 3 is 2.44 bits per heavy atom. The van der Waals surface area contributed by atoms with Crippen LogP contribution in [-0.2, 0) is 16.6 Å². The van der Waals surface area contributed by atoms with Crippen LogP contribution in [-0.4, -0.2) is 15.0 Å². The molecule has 102 valence electrons. The molecule has 4 nitrogen and oxygen atoms in total. The largest absolute Gasteiger partial charge is 0.326 e. The van der Waals surface area contributed by atoms with Gasteiger partial charge >= 0.3 is 0 Å². The summed E-state index contributed by atoms with van der Waals surface area (Å²) in [5, 5.41) is 0. The Morgan fingerprint density at radius 1 is 1.33 bits per heavy atom. The molecule has 0 saturated carbocycles. The van der Waals surface area contributed by atoms with Crippen LogP contribution in [0.5, 0.6) is 0 Å².